The third kappa shape index (κ3) is 2.95. The van der Waals surface area contributed by atoms with Crippen molar-refractivity contribution in [3.05, 3.63) is 35.4 Å². The second kappa shape index (κ2) is 5.70. The van der Waals surface area contributed by atoms with Gasteiger partial charge in [-0.2, -0.15) is 0 Å². The van der Waals surface area contributed by atoms with Gasteiger partial charge in [0.25, 0.3) is 0 Å². The van der Waals surface area contributed by atoms with Gasteiger partial charge in [0.05, 0.1) is 5.88 Å². The molecule has 0 aliphatic carbocycles. The number of aromatic nitrogens is 3. The van der Waals surface area contributed by atoms with Crippen LogP contribution in [0.4, 0.5) is 4.39 Å². The minimum atomic E-state index is -0.242. The lowest BCUT2D eigenvalue weighted by Crippen LogP contribution is -2.09. The van der Waals surface area contributed by atoms with Gasteiger partial charge in [0.15, 0.2) is 5.82 Å². The fourth-order valence-electron chi connectivity index (χ4n) is 2.07. The maximum Gasteiger partial charge on any atom is 0.164 e. The van der Waals surface area contributed by atoms with E-state index in [2.05, 4.69) is 24.0 Å². The Hall–Kier alpha value is -1.42. The highest BCUT2D eigenvalue weighted by Crippen LogP contribution is 2.24. The fraction of sp³-hybridized carbons (Fsp3) is 0.429. The highest BCUT2D eigenvalue weighted by Gasteiger charge is 2.16. The molecule has 102 valence electrons. The van der Waals surface area contributed by atoms with Crippen molar-refractivity contribution in [1.29, 1.82) is 0 Å². The second-order valence-electron chi connectivity index (χ2n) is 5.04. The summed E-state index contributed by atoms with van der Waals surface area (Å²) in [7, 11) is 0. The van der Waals surface area contributed by atoms with Crippen molar-refractivity contribution in [3.8, 4) is 11.4 Å². The van der Waals surface area contributed by atoms with E-state index >= 15 is 0 Å². The van der Waals surface area contributed by atoms with E-state index in [4.69, 9.17) is 11.6 Å². The van der Waals surface area contributed by atoms with Gasteiger partial charge >= 0.3 is 0 Å². The van der Waals surface area contributed by atoms with Gasteiger partial charge in [0, 0.05) is 12.1 Å². The Bertz CT molecular complexity index is 578. The number of benzene rings is 1. The molecule has 0 N–H and O–H groups in total. The number of alkyl halides is 1. The molecule has 2 rings (SSSR count). The topological polar surface area (TPSA) is 30.7 Å². The molecule has 3 nitrogen and oxygen atoms in total. The van der Waals surface area contributed by atoms with E-state index in [-0.39, 0.29) is 5.82 Å². The number of halogens is 2. The number of rotatable bonds is 4. The van der Waals surface area contributed by atoms with Crippen LogP contribution in [0.1, 0.15) is 25.2 Å². The minimum Gasteiger partial charge on any atom is -0.310 e. The summed E-state index contributed by atoms with van der Waals surface area (Å²) in [4.78, 5) is 0. The normalized spacial score (nSPS) is 11.3. The monoisotopic (exact) mass is 281 g/mol. The highest BCUT2D eigenvalue weighted by molar-refractivity contribution is 6.16. The van der Waals surface area contributed by atoms with Crippen LogP contribution in [0.15, 0.2) is 18.2 Å². The number of hydrogen-bond acceptors (Lipinski definition) is 2. The lowest BCUT2D eigenvalue weighted by molar-refractivity contribution is 0.515. The van der Waals surface area contributed by atoms with Crippen molar-refractivity contribution in [3.63, 3.8) is 0 Å². The van der Waals surface area contributed by atoms with Gasteiger partial charge in [0.1, 0.15) is 11.6 Å². The number of nitrogens with zero attached hydrogens (tertiary/aromatic N) is 3. The molecule has 1 aromatic carbocycles. The first-order valence-electron chi connectivity index (χ1n) is 6.27. The van der Waals surface area contributed by atoms with Crippen molar-refractivity contribution < 1.29 is 4.39 Å². The predicted molar refractivity (Wildman–Crippen MR) is 74.5 cm³/mol. The third-order valence-corrected chi connectivity index (χ3v) is 3.16. The van der Waals surface area contributed by atoms with Crippen molar-refractivity contribution in [1.82, 2.24) is 14.8 Å². The molecule has 0 unspecified atom stereocenters. The summed E-state index contributed by atoms with van der Waals surface area (Å²) in [6.45, 7) is 6.91. The quantitative estimate of drug-likeness (QED) is 0.799. The lowest BCUT2D eigenvalue weighted by Gasteiger charge is -2.13. The molecule has 0 saturated heterocycles. The van der Waals surface area contributed by atoms with E-state index in [1.54, 1.807) is 6.07 Å². The maximum absolute atomic E-state index is 13.2. The molecular weight excluding hydrogens is 265 g/mol. The number of aryl methyl sites for hydroxylation is 1. The standard InChI is InChI=1S/C14H17ClFN3/c1-9(2)8-19-13(7-15)17-18-14(19)12-5-4-11(16)6-10(12)3/h4-6,9H,7-8H2,1-3H3. The molecule has 1 heterocycles. The predicted octanol–water partition coefficient (Wildman–Crippen LogP) is 3.79. The van der Waals surface area contributed by atoms with Crippen molar-refractivity contribution in [2.75, 3.05) is 0 Å². The van der Waals surface area contributed by atoms with Crippen LogP contribution in [-0.4, -0.2) is 14.8 Å². The first-order chi connectivity index (χ1) is 9.02. The van der Waals surface area contributed by atoms with E-state index in [0.29, 0.717) is 11.8 Å². The molecule has 0 aliphatic rings. The minimum absolute atomic E-state index is 0.242. The summed E-state index contributed by atoms with van der Waals surface area (Å²) >= 11 is 5.90. The molecule has 0 radical (unpaired) electrons. The smallest absolute Gasteiger partial charge is 0.164 e. The molecule has 2 aromatic rings. The SMILES string of the molecule is Cc1cc(F)ccc1-c1nnc(CCl)n1CC(C)C. The molecule has 0 aliphatic heterocycles. The van der Waals surface area contributed by atoms with E-state index in [1.165, 1.54) is 12.1 Å². The first-order valence-corrected chi connectivity index (χ1v) is 6.81. The molecule has 19 heavy (non-hydrogen) atoms. The van der Waals surface area contributed by atoms with Gasteiger partial charge in [-0.25, -0.2) is 4.39 Å². The molecule has 0 atom stereocenters. The zero-order valence-corrected chi connectivity index (χ0v) is 12.1. The molecule has 0 amide bonds. The highest BCUT2D eigenvalue weighted by atomic mass is 35.5. The van der Waals surface area contributed by atoms with Gasteiger partial charge < -0.3 is 4.57 Å². The summed E-state index contributed by atoms with van der Waals surface area (Å²) in [5.74, 6) is 2.03. The summed E-state index contributed by atoms with van der Waals surface area (Å²) in [5.41, 5.74) is 1.74. The Morgan fingerprint density at radius 2 is 2.05 bits per heavy atom. The van der Waals surface area contributed by atoms with E-state index < -0.39 is 0 Å². The van der Waals surface area contributed by atoms with Crippen LogP contribution in [0, 0.1) is 18.7 Å². The Kier molecular flexibility index (Phi) is 4.20. The van der Waals surface area contributed by atoms with E-state index in [0.717, 1.165) is 29.3 Å². The Labute approximate surface area is 117 Å². The van der Waals surface area contributed by atoms with E-state index in [1.807, 2.05) is 11.5 Å². The largest absolute Gasteiger partial charge is 0.310 e. The molecule has 1 aromatic heterocycles. The van der Waals surface area contributed by atoms with Crippen molar-refractivity contribution in [2.24, 2.45) is 5.92 Å². The van der Waals surface area contributed by atoms with Gasteiger partial charge in [0.2, 0.25) is 0 Å². The molecular formula is C14H17ClFN3. The maximum atomic E-state index is 13.2. The summed E-state index contributed by atoms with van der Waals surface area (Å²) < 4.78 is 15.2. The average molecular weight is 282 g/mol. The molecule has 0 bridgehead atoms. The van der Waals surface area contributed by atoms with E-state index in [9.17, 15) is 4.39 Å². The zero-order valence-electron chi connectivity index (χ0n) is 11.3. The fourth-order valence-corrected chi connectivity index (χ4v) is 2.27. The van der Waals surface area contributed by atoms with Crippen LogP contribution in [0.25, 0.3) is 11.4 Å². The second-order valence-corrected chi connectivity index (χ2v) is 5.30. The summed E-state index contributed by atoms with van der Waals surface area (Å²) in [6.07, 6.45) is 0. The van der Waals surface area contributed by atoms with Gasteiger partial charge in [-0.3, -0.25) is 0 Å². The Balaban J connectivity index is 2.52. The summed E-state index contributed by atoms with van der Waals surface area (Å²) in [6, 6.07) is 4.69. The van der Waals surface area contributed by atoms with Crippen LogP contribution < -0.4 is 0 Å². The average Bonchev–Trinajstić information content (AvgIpc) is 2.71. The van der Waals surface area contributed by atoms with Crippen LogP contribution in [0.5, 0.6) is 0 Å². The Morgan fingerprint density at radius 1 is 1.32 bits per heavy atom. The van der Waals surface area contributed by atoms with Crippen LogP contribution in [-0.2, 0) is 12.4 Å². The lowest BCUT2D eigenvalue weighted by atomic mass is 10.1. The van der Waals surface area contributed by atoms with Gasteiger partial charge in [-0.1, -0.05) is 13.8 Å². The van der Waals surface area contributed by atoms with Gasteiger partial charge in [-0.05, 0) is 36.6 Å². The third-order valence-electron chi connectivity index (χ3n) is 2.92. The number of hydrogen-bond donors (Lipinski definition) is 0. The Morgan fingerprint density at radius 3 is 2.63 bits per heavy atom. The molecule has 0 saturated carbocycles. The summed E-state index contributed by atoms with van der Waals surface area (Å²) in [5, 5.41) is 8.32. The first kappa shape index (κ1) is 14.0. The molecule has 0 spiro atoms. The van der Waals surface area contributed by atoms with Crippen LogP contribution in [0.3, 0.4) is 0 Å². The molecule has 0 fully saturated rings. The van der Waals surface area contributed by atoms with Crippen LogP contribution in [0.2, 0.25) is 0 Å². The van der Waals surface area contributed by atoms with Crippen LogP contribution >= 0.6 is 11.6 Å². The van der Waals surface area contributed by atoms with Crippen molar-refractivity contribution in [2.45, 2.75) is 33.2 Å². The molecule has 5 heteroatoms. The van der Waals surface area contributed by atoms with Gasteiger partial charge in [-0.15, -0.1) is 21.8 Å². The zero-order chi connectivity index (χ0) is 14.0. The van der Waals surface area contributed by atoms with Crippen molar-refractivity contribution >= 4 is 11.6 Å².